The Morgan fingerprint density at radius 2 is 1.93 bits per heavy atom. The maximum atomic E-state index is 12.3. The number of carbonyl (C=O) groups excluding carboxylic acids is 1. The Morgan fingerprint density at radius 1 is 1.04 bits per heavy atom. The number of urea groups is 1. The highest BCUT2D eigenvalue weighted by atomic mass is 32.1. The van der Waals surface area contributed by atoms with Crippen LogP contribution in [0.2, 0.25) is 0 Å². The summed E-state index contributed by atoms with van der Waals surface area (Å²) in [5.74, 6) is 0. The summed E-state index contributed by atoms with van der Waals surface area (Å²) >= 11 is 1.66. The van der Waals surface area contributed by atoms with Crippen molar-refractivity contribution < 1.29 is 4.79 Å². The number of carbonyl (C=O) groups is 1. The van der Waals surface area contributed by atoms with E-state index < -0.39 is 0 Å². The third kappa shape index (κ3) is 4.01. The van der Waals surface area contributed by atoms with Gasteiger partial charge in [0, 0.05) is 30.4 Å². The van der Waals surface area contributed by atoms with Gasteiger partial charge in [-0.1, -0.05) is 48.5 Å². The molecule has 2 aromatic carbocycles. The molecule has 0 radical (unpaired) electrons. The molecule has 0 saturated carbocycles. The van der Waals surface area contributed by atoms with Gasteiger partial charge in [-0.05, 0) is 33.8 Å². The fourth-order valence-corrected chi connectivity index (χ4v) is 3.96. The predicted octanol–water partition coefficient (Wildman–Crippen LogP) is 4.19. The van der Waals surface area contributed by atoms with E-state index in [-0.39, 0.29) is 12.1 Å². The van der Waals surface area contributed by atoms with E-state index in [1.165, 1.54) is 5.39 Å². The predicted molar refractivity (Wildman–Crippen MR) is 109 cm³/mol. The summed E-state index contributed by atoms with van der Waals surface area (Å²) in [4.78, 5) is 13.5. The van der Waals surface area contributed by atoms with Gasteiger partial charge in [-0.2, -0.15) is 5.10 Å². The van der Waals surface area contributed by atoms with E-state index in [4.69, 9.17) is 0 Å². The zero-order valence-electron chi connectivity index (χ0n) is 14.7. The molecular formula is C21H20N4OS. The summed E-state index contributed by atoms with van der Waals surface area (Å²) in [5.41, 5.74) is 1.10. The molecule has 0 aliphatic carbocycles. The van der Waals surface area contributed by atoms with Crippen molar-refractivity contribution in [3.8, 4) is 0 Å². The second-order valence-electron chi connectivity index (χ2n) is 6.22. The largest absolute Gasteiger partial charge is 0.336 e. The lowest BCUT2D eigenvalue weighted by Gasteiger charge is -2.17. The number of hydrogen-bond acceptors (Lipinski definition) is 3. The minimum Gasteiger partial charge on any atom is -0.336 e. The Bertz CT molecular complexity index is 972. The van der Waals surface area contributed by atoms with E-state index in [1.807, 2.05) is 52.7 Å². The van der Waals surface area contributed by atoms with E-state index in [1.54, 1.807) is 17.5 Å². The van der Waals surface area contributed by atoms with Crippen LogP contribution in [0.5, 0.6) is 0 Å². The number of thiophene rings is 1. The van der Waals surface area contributed by atoms with Gasteiger partial charge in [0.25, 0.3) is 0 Å². The van der Waals surface area contributed by atoms with E-state index >= 15 is 0 Å². The first-order valence-electron chi connectivity index (χ1n) is 8.82. The van der Waals surface area contributed by atoms with Gasteiger partial charge in [-0.25, -0.2) is 4.79 Å². The lowest BCUT2D eigenvalue weighted by Crippen LogP contribution is -2.38. The van der Waals surface area contributed by atoms with Crippen molar-refractivity contribution in [2.45, 2.75) is 12.6 Å². The molecule has 2 N–H and O–H groups in total. The van der Waals surface area contributed by atoms with Crippen LogP contribution < -0.4 is 10.6 Å². The Kier molecular flexibility index (Phi) is 5.16. The van der Waals surface area contributed by atoms with Crippen LogP contribution in [0.3, 0.4) is 0 Å². The summed E-state index contributed by atoms with van der Waals surface area (Å²) in [5, 5.41) is 14.6. The smallest absolute Gasteiger partial charge is 0.315 e. The molecule has 136 valence electrons. The molecule has 0 aliphatic rings. The molecule has 2 heterocycles. The molecule has 2 amide bonds. The monoisotopic (exact) mass is 376 g/mol. The van der Waals surface area contributed by atoms with Gasteiger partial charge in [-0.3, -0.25) is 4.68 Å². The van der Waals surface area contributed by atoms with Gasteiger partial charge in [-0.15, -0.1) is 11.3 Å². The quantitative estimate of drug-likeness (QED) is 0.530. The molecule has 0 saturated heterocycles. The van der Waals surface area contributed by atoms with Crippen LogP contribution in [0.25, 0.3) is 10.8 Å². The molecule has 1 atom stereocenters. The highest BCUT2D eigenvalue weighted by molar-refractivity contribution is 7.10. The average Bonchev–Trinajstić information content (AvgIpc) is 3.41. The highest BCUT2D eigenvalue weighted by Gasteiger charge is 2.16. The number of fused-ring (bicyclic) bond motifs is 1. The summed E-state index contributed by atoms with van der Waals surface area (Å²) < 4.78 is 1.87. The topological polar surface area (TPSA) is 59.0 Å². The SMILES string of the molecule is O=C(NCc1cccc2ccccc12)NC[C@H](c1cccs1)n1cccn1. The fraction of sp³-hybridized carbons (Fsp3) is 0.143. The summed E-state index contributed by atoms with van der Waals surface area (Å²) in [6.45, 7) is 0.961. The Balaban J connectivity index is 1.39. The maximum Gasteiger partial charge on any atom is 0.315 e. The fourth-order valence-electron chi connectivity index (χ4n) is 3.14. The van der Waals surface area contributed by atoms with Crippen LogP contribution in [-0.4, -0.2) is 22.4 Å². The van der Waals surface area contributed by atoms with Gasteiger partial charge in [0.05, 0.1) is 0 Å². The van der Waals surface area contributed by atoms with E-state index in [2.05, 4.69) is 40.0 Å². The van der Waals surface area contributed by atoms with E-state index in [9.17, 15) is 4.79 Å². The van der Waals surface area contributed by atoms with Crippen molar-refractivity contribution >= 4 is 28.1 Å². The summed E-state index contributed by atoms with van der Waals surface area (Å²) in [7, 11) is 0. The molecule has 0 spiro atoms. The number of aromatic nitrogens is 2. The van der Waals surface area contributed by atoms with Gasteiger partial charge in [0.2, 0.25) is 0 Å². The zero-order chi connectivity index (χ0) is 18.5. The van der Waals surface area contributed by atoms with Crippen LogP contribution >= 0.6 is 11.3 Å². The van der Waals surface area contributed by atoms with Crippen LogP contribution in [-0.2, 0) is 6.54 Å². The lowest BCUT2D eigenvalue weighted by molar-refractivity contribution is 0.239. The number of nitrogens with zero attached hydrogens (tertiary/aromatic N) is 2. The van der Waals surface area contributed by atoms with Gasteiger partial charge in [0.1, 0.15) is 6.04 Å². The number of benzene rings is 2. The van der Waals surface area contributed by atoms with E-state index in [0.717, 1.165) is 15.8 Å². The first-order valence-corrected chi connectivity index (χ1v) is 9.70. The van der Waals surface area contributed by atoms with Crippen molar-refractivity contribution in [3.05, 3.63) is 88.9 Å². The molecule has 4 aromatic rings. The molecule has 5 nitrogen and oxygen atoms in total. The third-order valence-electron chi connectivity index (χ3n) is 4.49. The minimum absolute atomic E-state index is 0.0108. The highest BCUT2D eigenvalue weighted by Crippen LogP contribution is 2.22. The second kappa shape index (κ2) is 8.05. The van der Waals surface area contributed by atoms with Gasteiger partial charge < -0.3 is 10.6 Å². The first kappa shape index (κ1) is 17.3. The third-order valence-corrected chi connectivity index (χ3v) is 5.46. The zero-order valence-corrected chi connectivity index (χ0v) is 15.5. The minimum atomic E-state index is -0.184. The molecule has 27 heavy (non-hydrogen) atoms. The van der Waals surface area contributed by atoms with Crippen LogP contribution in [0.4, 0.5) is 4.79 Å². The normalized spacial score (nSPS) is 12.0. The molecule has 6 heteroatoms. The Hall–Kier alpha value is -3.12. The first-order chi connectivity index (χ1) is 13.3. The molecule has 0 unspecified atom stereocenters. The van der Waals surface area contributed by atoms with Crippen molar-refractivity contribution in [3.63, 3.8) is 0 Å². The molecule has 2 aromatic heterocycles. The van der Waals surface area contributed by atoms with Crippen LogP contribution in [0.15, 0.2) is 78.4 Å². The lowest BCUT2D eigenvalue weighted by atomic mass is 10.0. The number of rotatable bonds is 6. The van der Waals surface area contributed by atoms with Crippen molar-refractivity contribution in [1.29, 1.82) is 0 Å². The molecule has 0 aliphatic heterocycles. The standard InChI is InChI=1S/C21H20N4OS/c26-21(22-14-17-8-3-7-16-6-1-2-9-18(16)17)23-15-19(20-10-4-13-27-20)25-12-5-11-24-25/h1-13,19H,14-15H2,(H2,22,23,26)/t19-/m1/s1. The summed E-state index contributed by atoms with van der Waals surface area (Å²) in [6, 6.07) is 20.1. The van der Waals surface area contributed by atoms with E-state index in [0.29, 0.717) is 13.1 Å². The summed E-state index contributed by atoms with van der Waals surface area (Å²) in [6.07, 6.45) is 3.67. The van der Waals surface area contributed by atoms with Crippen molar-refractivity contribution in [2.75, 3.05) is 6.54 Å². The van der Waals surface area contributed by atoms with Gasteiger partial charge >= 0.3 is 6.03 Å². The van der Waals surface area contributed by atoms with Crippen molar-refractivity contribution in [1.82, 2.24) is 20.4 Å². The molecule has 0 fully saturated rings. The number of hydrogen-bond donors (Lipinski definition) is 2. The average molecular weight is 376 g/mol. The Morgan fingerprint density at radius 3 is 2.74 bits per heavy atom. The molecule has 4 rings (SSSR count). The molecule has 0 bridgehead atoms. The number of amides is 2. The Labute approximate surface area is 161 Å². The maximum absolute atomic E-state index is 12.3. The van der Waals surface area contributed by atoms with Crippen LogP contribution in [0, 0.1) is 0 Å². The van der Waals surface area contributed by atoms with Crippen molar-refractivity contribution in [2.24, 2.45) is 0 Å². The van der Waals surface area contributed by atoms with Crippen LogP contribution in [0.1, 0.15) is 16.5 Å². The second-order valence-corrected chi connectivity index (χ2v) is 7.20. The van der Waals surface area contributed by atoms with Gasteiger partial charge in [0.15, 0.2) is 0 Å². The molecular weight excluding hydrogens is 356 g/mol. The number of nitrogens with one attached hydrogen (secondary N) is 2.